The molecule has 1 rings (SSSR count). The first-order chi connectivity index (χ1) is 6.53. The minimum atomic E-state index is -3.14. The van der Waals surface area contributed by atoms with Crippen molar-refractivity contribution in [2.75, 3.05) is 18.5 Å². The molecule has 6 heteroatoms. The molecule has 0 amide bonds. The van der Waals surface area contributed by atoms with E-state index in [0.717, 1.165) is 5.56 Å². The molecule has 0 bridgehead atoms. The number of hydrogen-bond acceptors (Lipinski definition) is 4. The Morgan fingerprint density at radius 2 is 2.00 bits per heavy atom. The summed E-state index contributed by atoms with van der Waals surface area (Å²) in [5.41, 5.74) is 0.851. The van der Waals surface area contributed by atoms with Gasteiger partial charge in [0.25, 0.3) is 5.92 Å². The monoisotopic (exact) mass is 203 g/mol. The molecule has 1 heterocycles. The van der Waals surface area contributed by atoms with Crippen LogP contribution >= 0.6 is 0 Å². The van der Waals surface area contributed by atoms with Crippen molar-refractivity contribution >= 4 is 5.95 Å². The van der Waals surface area contributed by atoms with Crippen LogP contribution in [0.15, 0.2) is 12.4 Å². The lowest BCUT2D eigenvalue weighted by molar-refractivity contribution is -0.0374. The molecule has 0 radical (unpaired) electrons. The molecule has 1 aromatic heterocycles. The number of aromatic nitrogens is 2. The Bertz CT molecular complexity index is 289. The topological polar surface area (TPSA) is 58.0 Å². The maximum atomic E-state index is 12.5. The van der Waals surface area contributed by atoms with Gasteiger partial charge >= 0.3 is 0 Å². The molecule has 1 aromatic rings. The van der Waals surface area contributed by atoms with E-state index >= 15 is 0 Å². The number of aliphatic hydroxyl groups is 1. The number of rotatable bonds is 4. The predicted octanol–water partition coefficient (Wildman–Crippen LogP) is 0.825. The Balaban J connectivity index is 2.50. The van der Waals surface area contributed by atoms with E-state index in [1.54, 1.807) is 6.92 Å². The van der Waals surface area contributed by atoms with Gasteiger partial charge in [-0.1, -0.05) is 0 Å². The molecule has 4 nitrogen and oxygen atoms in total. The molecule has 0 atom stereocenters. The van der Waals surface area contributed by atoms with E-state index in [9.17, 15) is 8.78 Å². The first-order valence-electron chi connectivity index (χ1n) is 4.05. The van der Waals surface area contributed by atoms with Crippen LogP contribution in [0.2, 0.25) is 0 Å². The number of aryl methyl sites for hydroxylation is 1. The summed E-state index contributed by atoms with van der Waals surface area (Å²) >= 11 is 0. The molecule has 0 aliphatic rings. The third-order valence-corrected chi connectivity index (χ3v) is 1.52. The molecule has 2 N–H and O–H groups in total. The van der Waals surface area contributed by atoms with Crippen LogP contribution in [0, 0.1) is 6.92 Å². The molecule has 0 aliphatic heterocycles. The average Bonchev–Trinajstić information content (AvgIpc) is 2.17. The molecule has 78 valence electrons. The summed E-state index contributed by atoms with van der Waals surface area (Å²) in [4.78, 5) is 7.56. The van der Waals surface area contributed by atoms with Gasteiger partial charge < -0.3 is 10.4 Å². The van der Waals surface area contributed by atoms with Crippen LogP contribution in [0.3, 0.4) is 0 Å². The zero-order valence-electron chi connectivity index (χ0n) is 7.67. The predicted molar refractivity (Wildman–Crippen MR) is 47.3 cm³/mol. The second kappa shape index (κ2) is 4.28. The maximum absolute atomic E-state index is 12.5. The van der Waals surface area contributed by atoms with Crippen LogP contribution in [0.5, 0.6) is 0 Å². The average molecular weight is 203 g/mol. The van der Waals surface area contributed by atoms with Crippen LogP contribution < -0.4 is 5.32 Å². The lowest BCUT2D eigenvalue weighted by Crippen LogP contribution is -2.31. The SMILES string of the molecule is Cc1cnc(NCC(F)(F)CO)nc1. The first kappa shape index (κ1) is 10.8. The first-order valence-corrected chi connectivity index (χ1v) is 4.05. The largest absolute Gasteiger partial charge is 0.390 e. The lowest BCUT2D eigenvalue weighted by atomic mass is 10.3. The van der Waals surface area contributed by atoms with Gasteiger partial charge in [0.15, 0.2) is 0 Å². The Hall–Kier alpha value is -1.30. The van der Waals surface area contributed by atoms with Gasteiger partial charge in [0.1, 0.15) is 6.61 Å². The van der Waals surface area contributed by atoms with Gasteiger partial charge in [0, 0.05) is 12.4 Å². The lowest BCUT2D eigenvalue weighted by Gasteiger charge is -2.13. The van der Waals surface area contributed by atoms with Gasteiger partial charge in [-0.2, -0.15) is 0 Å². The Labute approximate surface area is 80.0 Å². The quantitative estimate of drug-likeness (QED) is 0.760. The third kappa shape index (κ3) is 3.21. The van der Waals surface area contributed by atoms with Crippen molar-refractivity contribution in [1.82, 2.24) is 9.97 Å². The van der Waals surface area contributed by atoms with Crippen molar-refractivity contribution in [2.24, 2.45) is 0 Å². The number of halogens is 2. The molecule has 0 aromatic carbocycles. The Morgan fingerprint density at radius 3 is 2.50 bits per heavy atom. The molecule has 0 saturated carbocycles. The van der Waals surface area contributed by atoms with Crippen molar-refractivity contribution in [3.8, 4) is 0 Å². The molecule has 0 spiro atoms. The summed E-state index contributed by atoms with van der Waals surface area (Å²) in [6.45, 7) is -0.0650. The zero-order valence-corrected chi connectivity index (χ0v) is 7.67. The number of nitrogens with one attached hydrogen (secondary N) is 1. The van der Waals surface area contributed by atoms with Crippen LogP contribution in [-0.4, -0.2) is 34.1 Å². The van der Waals surface area contributed by atoms with Crippen LogP contribution in [0.1, 0.15) is 5.56 Å². The van der Waals surface area contributed by atoms with E-state index < -0.39 is 19.1 Å². The molecule has 0 aliphatic carbocycles. The van der Waals surface area contributed by atoms with E-state index in [-0.39, 0.29) is 5.95 Å². The standard InChI is InChI=1S/C8H11F2N3O/c1-6-2-11-7(12-3-6)13-4-8(9,10)5-14/h2-3,14H,4-5H2,1H3,(H,11,12,13). The second-order valence-electron chi connectivity index (χ2n) is 2.95. The number of alkyl halides is 2. The number of nitrogens with zero attached hydrogens (tertiary/aromatic N) is 2. The summed E-state index contributed by atoms with van der Waals surface area (Å²) in [6, 6.07) is 0. The molecular weight excluding hydrogens is 192 g/mol. The van der Waals surface area contributed by atoms with Gasteiger partial charge in [0.2, 0.25) is 5.95 Å². The number of aliphatic hydroxyl groups excluding tert-OH is 1. The van der Waals surface area contributed by atoms with Crippen molar-refractivity contribution < 1.29 is 13.9 Å². The van der Waals surface area contributed by atoms with E-state index in [4.69, 9.17) is 5.11 Å². The summed E-state index contributed by atoms with van der Waals surface area (Å²) in [5.74, 6) is -3.02. The second-order valence-corrected chi connectivity index (χ2v) is 2.95. The maximum Gasteiger partial charge on any atom is 0.287 e. The van der Waals surface area contributed by atoms with Crippen LogP contribution in [0.25, 0.3) is 0 Å². The van der Waals surface area contributed by atoms with Gasteiger partial charge in [-0.3, -0.25) is 0 Å². The van der Waals surface area contributed by atoms with E-state index in [1.807, 2.05) is 0 Å². The van der Waals surface area contributed by atoms with Crippen LogP contribution in [0.4, 0.5) is 14.7 Å². The highest BCUT2D eigenvalue weighted by Gasteiger charge is 2.27. The van der Waals surface area contributed by atoms with Gasteiger partial charge in [0.05, 0.1) is 6.54 Å². The summed E-state index contributed by atoms with van der Waals surface area (Å²) in [5, 5.41) is 10.6. The van der Waals surface area contributed by atoms with Gasteiger partial charge in [-0.05, 0) is 12.5 Å². The highest BCUT2D eigenvalue weighted by molar-refractivity contribution is 5.24. The molecule has 0 fully saturated rings. The van der Waals surface area contributed by atoms with E-state index in [2.05, 4.69) is 15.3 Å². The fourth-order valence-corrected chi connectivity index (χ4v) is 0.748. The number of anilines is 1. The highest BCUT2D eigenvalue weighted by atomic mass is 19.3. The van der Waals surface area contributed by atoms with E-state index in [0.29, 0.717) is 0 Å². The summed E-state index contributed by atoms with van der Waals surface area (Å²) in [7, 11) is 0. The van der Waals surface area contributed by atoms with Crippen molar-refractivity contribution in [1.29, 1.82) is 0 Å². The van der Waals surface area contributed by atoms with Crippen LogP contribution in [-0.2, 0) is 0 Å². The van der Waals surface area contributed by atoms with Gasteiger partial charge in [-0.25, -0.2) is 18.7 Å². The Morgan fingerprint density at radius 1 is 1.43 bits per heavy atom. The molecule has 0 unspecified atom stereocenters. The molecule has 0 saturated heterocycles. The van der Waals surface area contributed by atoms with Crippen molar-refractivity contribution in [3.63, 3.8) is 0 Å². The molecular formula is C8H11F2N3O. The number of hydrogen-bond donors (Lipinski definition) is 2. The Kier molecular flexibility index (Phi) is 3.29. The fourth-order valence-electron chi connectivity index (χ4n) is 0.748. The van der Waals surface area contributed by atoms with Crippen molar-refractivity contribution in [3.05, 3.63) is 18.0 Å². The smallest absolute Gasteiger partial charge is 0.287 e. The minimum Gasteiger partial charge on any atom is -0.390 e. The zero-order chi connectivity index (χ0) is 10.6. The fraction of sp³-hybridized carbons (Fsp3) is 0.500. The molecule has 14 heavy (non-hydrogen) atoms. The summed E-state index contributed by atoms with van der Waals surface area (Å²) < 4.78 is 25.1. The van der Waals surface area contributed by atoms with Crippen molar-refractivity contribution in [2.45, 2.75) is 12.8 Å². The minimum absolute atomic E-state index is 0.128. The van der Waals surface area contributed by atoms with E-state index in [1.165, 1.54) is 12.4 Å². The summed E-state index contributed by atoms with van der Waals surface area (Å²) in [6.07, 6.45) is 3.04. The third-order valence-electron chi connectivity index (χ3n) is 1.52. The normalized spacial score (nSPS) is 11.4. The van der Waals surface area contributed by atoms with Gasteiger partial charge in [-0.15, -0.1) is 0 Å². The highest BCUT2D eigenvalue weighted by Crippen LogP contribution is 2.12.